The van der Waals surface area contributed by atoms with E-state index in [4.69, 9.17) is 5.73 Å². The second kappa shape index (κ2) is 3.87. The molecule has 0 saturated carbocycles. The van der Waals surface area contributed by atoms with Crippen molar-refractivity contribution >= 4 is 10.0 Å². The lowest BCUT2D eigenvalue weighted by Crippen LogP contribution is -2.33. The second-order valence-corrected chi connectivity index (χ2v) is 4.48. The van der Waals surface area contributed by atoms with Gasteiger partial charge in [0, 0.05) is 0 Å². The molecule has 3 N–H and O–H groups in total. The van der Waals surface area contributed by atoms with Crippen LogP contribution in [0, 0.1) is 6.07 Å². The quantitative estimate of drug-likeness (QED) is 0.673. The molecule has 1 aromatic rings. The zero-order valence-electron chi connectivity index (χ0n) is 7.19. The topological polar surface area (TPSA) is 72.2 Å². The highest BCUT2D eigenvalue weighted by Crippen LogP contribution is 2.06. The molecule has 4 nitrogen and oxygen atoms in total. The molecule has 0 saturated heterocycles. The fraction of sp³-hybridized carbons (Fsp3) is 0.250. The lowest BCUT2D eigenvalue weighted by molar-refractivity contribution is 0.568. The van der Waals surface area contributed by atoms with Crippen molar-refractivity contribution in [2.45, 2.75) is 6.17 Å². The van der Waals surface area contributed by atoms with Crippen molar-refractivity contribution in [3.8, 4) is 0 Å². The molecular weight excluding hydrogens is 188 g/mol. The molecule has 1 rings (SSSR count). The Labute approximate surface area is 77.8 Å². The van der Waals surface area contributed by atoms with Gasteiger partial charge >= 0.3 is 0 Å². The lowest BCUT2D eigenvalue weighted by Gasteiger charge is -2.11. The van der Waals surface area contributed by atoms with Crippen molar-refractivity contribution in [2.24, 2.45) is 5.73 Å². The van der Waals surface area contributed by atoms with E-state index >= 15 is 0 Å². The molecule has 13 heavy (non-hydrogen) atoms. The molecule has 0 spiro atoms. The predicted octanol–water partition coefficient (Wildman–Crippen LogP) is -0.00671. The molecule has 0 aliphatic rings. The number of hydrogen-bond donors (Lipinski definition) is 2. The summed E-state index contributed by atoms with van der Waals surface area (Å²) in [6.45, 7) is 0. The van der Waals surface area contributed by atoms with Gasteiger partial charge in [0.15, 0.2) is 0 Å². The third-order valence-electron chi connectivity index (χ3n) is 1.43. The van der Waals surface area contributed by atoms with E-state index in [2.05, 4.69) is 10.8 Å². The monoisotopic (exact) mass is 199 g/mol. The van der Waals surface area contributed by atoms with Gasteiger partial charge in [0.25, 0.3) is 0 Å². The molecule has 0 amide bonds. The van der Waals surface area contributed by atoms with Crippen molar-refractivity contribution in [1.29, 1.82) is 0 Å². The Balaban J connectivity index is 2.76. The Morgan fingerprint density at radius 2 is 2.31 bits per heavy atom. The van der Waals surface area contributed by atoms with Crippen LogP contribution in [0.4, 0.5) is 0 Å². The van der Waals surface area contributed by atoms with Crippen LogP contribution in [0.5, 0.6) is 0 Å². The molecule has 5 heteroatoms. The van der Waals surface area contributed by atoms with E-state index in [1.165, 1.54) is 0 Å². The van der Waals surface area contributed by atoms with E-state index in [9.17, 15) is 8.42 Å². The average Bonchev–Trinajstić information content (AvgIpc) is 2.03. The minimum atomic E-state index is -3.26. The maximum Gasteiger partial charge on any atom is 0.210 e. The molecule has 0 aliphatic heterocycles. The van der Waals surface area contributed by atoms with E-state index in [0.717, 1.165) is 6.26 Å². The summed E-state index contributed by atoms with van der Waals surface area (Å²) < 4.78 is 23.9. The summed E-state index contributed by atoms with van der Waals surface area (Å²) in [6, 6.07) is 9.66. The fourth-order valence-corrected chi connectivity index (χ4v) is 1.50. The predicted molar refractivity (Wildman–Crippen MR) is 50.2 cm³/mol. The molecule has 0 aliphatic carbocycles. The lowest BCUT2D eigenvalue weighted by atomic mass is 10.2. The molecule has 0 aromatic heterocycles. The summed E-state index contributed by atoms with van der Waals surface area (Å²) in [4.78, 5) is 0. The van der Waals surface area contributed by atoms with Gasteiger partial charge in [-0.05, 0) is 17.7 Å². The normalized spacial score (nSPS) is 14.0. The van der Waals surface area contributed by atoms with Crippen LogP contribution in [-0.2, 0) is 10.0 Å². The fourth-order valence-electron chi connectivity index (χ4n) is 0.899. The van der Waals surface area contributed by atoms with Crippen LogP contribution in [0.3, 0.4) is 0 Å². The van der Waals surface area contributed by atoms with Gasteiger partial charge in [0.2, 0.25) is 10.0 Å². The first-order valence-electron chi connectivity index (χ1n) is 3.68. The number of benzene rings is 1. The van der Waals surface area contributed by atoms with Crippen molar-refractivity contribution in [3.05, 3.63) is 35.9 Å². The molecule has 0 bridgehead atoms. The Morgan fingerprint density at radius 3 is 2.77 bits per heavy atom. The Morgan fingerprint density at radius 1 is 1.62 bits per heavy atom. The first kappa shape index (κ1) is 10.2. The molecule has 71 valence electrons. The maximum atomic E-state index is 10.8. The molecule has 1 radical (unpaired) electrons. The average molecular weight is 199 g/mol. The number of hydrogen-bond acceptors (Lipinski definition) is 3. The van der Waals surface area contributed by atoms with Gasteiger partial charge in [-0.15, -0.1) is 0 Å². The smallest absolute Gasteiger partial charge is 0.210 e. The number of nitrogens with one attached hydrogen (secondary N) is 1. The summed E-state index contributed by atoms with van der Waals surface area (Å²) in [7, 11) is -3.26. The van der Waals surface area contributed by atoms with E-state index in [0.29, 0.717) is 5.56 Å². The highest BCUT2D eigenvalue weighted by Gasteiger charge is 2.09. The first-order valence-corrected chi connectivity index (χ1v) is 5.57. The van der Waals surface area contributed by atoms with Gasteiger partial charge in [-0.3, -0.25) is 0 Å². The number of rotatable bonds is 3. The second-order valence-electron chi connectivity index (χ2n) is 2.70. The Bertz CT molecular complexity index is 361. The Kier molecular flexibility index (Phi) is 3.02. The van der Waals surface area contributed by atoms with Crippen LogP contribution < -0.4 is 10.5 Å². The highest BCUT2D eigenvalue weighted by molar-refractivity contribution is 7.88. The largest absolute Gasteiger partial charge is 0.311 e. The van der Waals surface area contributed by atoms with Crippen molar-refractivity contribution < 1.29 is 8.42 Å². The van der Waals surface area contributed by atoms with Crippen molar-refractivity contribution in [2.75, 3.05) is 6.26 Å². The third kappa shape index (κ3) is 3.54. The van der Waals surface area contributed by atoms with Gasteiger partial charge in [-0.1, -0.05) is 18.2 Å². The first-order chi connectivity index (χ1) is 5.99. The van der Waals surface area contributed by atoms with Crippen LogP contribution in [0.25, 0.3) is 0 Å². The van der Waals surface area contributed by atoms with Crippen LogP contribution in [0.2, 0.25) is 0 Å². The summed E-state index contributed by atoms with van der Waals surface area (Å²) in [6.07, 6.45) is 0.368. The molecule has 0 heterocycles. The summed E-state index contributed by atoms with van der Waals surface area (Å²) >= 11 is 0. The zero-order chi connectivity index (χ0) is 9.90. The maximum absolute atomic E-state index is 10.8. The van der Waals surface area contributed by atoms with Crippen LogP contribution in [-0.4, -0.2) is 14.7 Å². The molecule has 1 aromatic carbocycles. The van der Waals surface area contributed by atoms with Crippen molar-refractivity contribution in [3.63, 3.8) is 0 Å². The van der Waals surface area contributed by atoms with Gasteiger partial charge in [-0.2, -0.15) is 4.72 Å². The summed E-state index contributed by atoms with van der Waals surface area (Å²) in [5, 5.41) is 0. The SMILES string of the molecule is CS(=O)(=O)NC(N)c1c[c]ccc1. The van der Waals surface area contributed by atoms with Crippen LogP contribution >= 0.6 is 0 Å². The van der Waals surface area contributed by atoms with Gasteiger partial charge in [0.05, 0.1) is 12.4 Å². The molecular formula is C8H11N2O2S. The van der Waals surface area contributed by atoms with E-state index in [1.54, 1.807) is 24.3 Å². The Hall–Kier alpha value is -0.910. The van der Waals surface area contributed by atoms with Gasteiger partial charge in [-0.25, -0.2) is 8.42 Å². The van der Waals surface area contributed by atoms with E-state index < -0.39 is 16.2 Å². The standard InChI is InChI=1S/C8H11N2O2S/c1-13(11,12)10-8(9)7-5-3-2-4-6-7/h2-3,5-6,8,10H,9H2,1H3. The van der Waals surface area contributed by atoms with Gasteiger partial charge < -0.3 is 5.73 Å². The summed E-state index contributed by atoms with van der Waals surface area (Å²) in [5.74, 6) is 0. The van der Waals surface area contributed by atoms with Gasteiger partial charge in [0.1, 0.15) is 0 Å². The van der Waals surface area contributed by atoms with Crippen molar-refractivity contribution in [1.82, 2.24) is 4.72 Å². The molecule has 0 fully saturated rings. The summed E-state index contributed by atoms with van der Waals surface area (Å²) in [5.41, 5.74) is 6.26. The van der Waals surface area contributed by atoms with Crippen LogP contribution in [0.1, 0.15) is 11.7 Å². The number of sulfonamides is 1. The number of nitrogens with two attached hydrogens (primary N) is 1. The minimum Gasteiger partial charge on any atom is -0.311 e. The van der Waals surface area contributed by atoms with E-state index in [-0.39, 0.29) is 0 Å². The highest BCUT2D eigenvalue weighted by atomic mass is 32.2. The molecule has 1 atom stereocenters. The van der Waals surface area contributed by atoms with Crippen LogP contribution in [0.15, 0.2) is 24.3 Å². The third-order valence-corrected chi connectivity index (χ3v) is 2.11. The zero-order valence-corrected chi connectivity index (χ0v) is 8.01. The molecule has 1 unspecified atom stereocenters. The minimum absolute atomic E-state index is 0.688. The van der Waals surface area contributed by atoms with E-state index in [1.807, 2.05) is 0 Å².